The Kier molecular flexibility index (Phi) is 6.70. The predicted octanol–water partition coefficient (Wildman–Crippen LogP) is 2.89. The van der Waals surface area contributed by atoms with Crippen molar-refractivity contribution in [2.45, 2.75) is 13.8 Å². The molecule has 0 fully saturated rings. The van der Waals surface area contributed by atoms with E-state index in [9.17, 15) is 23.6 Å². The number of carbonyl (C=O) groups is 4. The first kappa shape index (κ1) is 22.4. The lowest BCUT2D eigenvalue weighted by Crippen LogP contribution is -2.35. The highest BCUT2D eigenvalue weighted by Gasteiger charge is 2.36. The molecule has 0 bridgehead atoms. The van der Waals surface area contributed by atoms with E-state index in [0.717, 1.165) is 6.07 Å². The van der Waals surface area contributed by atoms with E-state index >= 15 is 0 Å². The molecule has 1 aliphatic heterocycles. The zero-order chi connectivity index (χ0) is 22.7. The van der Waals surface area contributed by atoms with Crippen molar-refractivity contribution in [1.82, 2.24) is 15.5 Å². The van der Waals surface area contributed by atoms with Crippen LogP contribution in [0.4, 0.5) is 4.39 Å². The van der Waals surface area contributed by atoms with E-state index in [2.05, 4.69) is 10.6 Å². The Balaban J connectivity index is 1.58. The van der Waals surface area contributed by atoms with Crippen LogP contribution in [-0.2, 0) is 0 Å². The van der Waals surface area contributed by atoms with Gasteiger partial charge in [-0.1, -0.05) is 31.5 Å². The van der Waals surface area contributed by atoms with Crippen molar-refractivity contribution >= 4 is 35.2 Å². The van der Waals surface area contributed by atoms with Crippen LogP contribution in [0.2, 0.25) is 5.02 Å². The molecule has 0 spiro atoms. The zero-order valence-corrected chi connectivity index (χ0v) is 17.8. The lowest BCUT2D eigenvalue weighted by molar-refractivity contribution is 0.0635. The summed E-state index contributed by atoms with van der Waals surface area (Å²) >= 11 is 5.85. The van der Waals surface area contributed by atoms with E-state index in [0.29, 0.717) is 6.54 Å². The molecule has 4 amide bonds. The SMILES string of the molecule is CC(C)CN1C(=O)c2ccc(C(=O)NCCNC(=O)c3c(F)cccc3Cl)cc2C1=O. The van der Waals surface area contributed by atoms with Crippen LogP contribution >= 0.6 is 11.6 Å². The third kappa shape index (κ3) is 4.74. The van der Waals surface area contributed by atoms with Crippen molar-refractivity contribution in [2.24, 2.45) is 5.92 Å². The van der Waals surface area contributed by atoms with Crippen LogP contribution in [-0.4, -0.2) is 48.2 Å². The number of amides is 4. The highest BCUT2D eigenvalue weighted by Crippen LogP contribution is 2.25. The molecule has 3 rings (SSSR count). The van der Waals surface area contributed by atoms with Crippen LogP contribution in [0.15, 0.2) is 36.4 Å². The quantitative estimate of drug-likeness (QED) is 0.506. The molecule has 1 heterocycles. The Labute approximate surface area is 183 Å². The minimum absolute atomic E-state index is 0.00889. The Morgan fingerprint density at radius 3 is 2.29 bits per heavy atom. The number of rotatable bonds is 7. The molecule has 31 heavy (non-hydrogen) atoms. The molecular formula is C22H21ClFN3O4. The van der Waals surface area contributed by atoms with Gasteiger partial charge in [-0.25, -0.2) is 4.39 Å². The molecule has 0 atom stereocenters. The highest BCUT2D eigenvalue weighted by atomic mass is 35.5. The summed E-state index contributed by atoms with van der Waals surface area (Å²) in [5.74, 6) is -2.56. The minimum atomic E-state index is -0.738. The molecule has 9 heteroatoms. The Hall–Kier alpha value is -3.26. The molecule has 2 N–H and O–H groups in total. The lowest BCUT2D eigenvalue weighted by atomic mass is 10.1. The van der Waals surface area contributed by atoms with E-state index in [1.54, 1.807) is 0 Å². The summed E-state index contributed by atoms with van der Waals surface area (Å²) in [6.45, 7) is 4.22. The van der Waals surface area contributed by atoms with Gasteiger partial charge in [0.05, 0.1) is 21.7 Å². The van der Waals surface area contributed by atoms with Crippen LogP contribution in [0, 0.1) is 11.7 Å². The molecule has 2 aromatic rings. The monoisotopic (exact) mass is 445 g/mol. The number of nitrogens with one attached hydrogen (secondary N) is 2. The number of hydrogen-bond acceptors (Lipinski definition) is 4. The van der Waals surface area contributed by atoms with Gasteiger partial charge in [0.2, 0.25) is 0 Å². The molecule has 0 radical (unpaired) electrons. The topological polar surface area (TPSA) is 95.6 Å². The van der Waals surface area contributed by atoms with E-state index in [4.69, 9.17) is 11.6 Å². The predicted molar refractivity (Wildman–Crippen MR) is 113 cm³/mol. The number of halogens is 2. The van der Waals surface area contributed by atoms with Crippen molar-refractivity contribution in [2.75, 3.05) is 19.6 Å². The fourth-order valence-electron chi connectivity index (χ4n) is 3.22. The van der Waals surface area contributed by atoms with Crippen LogP contribution < -0.4 is 10.6 Å². The van der Waals surface area contributed by atoms with Gasteiger partial charge in [-0.2, -0.15) is 0 Å². The summed E-state index contributed by atoms with van der Waals surface area (Å²) < 4.78 is 13.8. The average Bonchev–Trinajstić information content (AvgIpc) is 2.95. The van der Waals surface area contributed by atoms with Gasteiger partial charge in [0, 0.05) is 25.2 Å². The van der Waals surface area contributed by atoms with Crippen LogP contribution in [0.3, 0.4) is 0 Å². The van der Waals surface area contributed by atoms with E-state index in [-0.39, 0.29) is 52.2 Å². The van der Waals surface area contributed by atoms with Gasteiger partial charge >= 0.3 is 0 Å². The van der Waals surface area contributed by atoms with Crippen molar-refractivity contribution < 1.29 is 23.6 Å². The van der Waals surface area contributed by atoms with Crippen molar-refractivity contribution in [3.8, 4) is 0 Å². The summed E-state index contributed by atoms with van der Waals surface area (Å²) in [7, 11) is 0. The molecule has 162 valence electrons. The number of nitrogens with zero attached hydrogens (tertiary/aromatic N) is 1. The van der Waals surface area contributed by atoms with Crippen LogP contribution in [0.5, 0.6) is 0 Å². The standard InChI is InChI=1S/C22H21ClFN3O4/c1-12(2)11-27-21(30)14-7-6-13(10-15(14)22(27)31)19(28)25-8-9-26-20(29)18-16(23)4-3-5-17(18)24/h3-7,10,12H,8-9,11H2,1-2H3,(H,25,28)(H,26,29). The summed E-state index contributed by atoms with van der Waals surface area (Å²) in [6.07, 6.45) is 0. The largest absolute Gasteiger partial charge is 0.350 e. The third-order valence-electron chi connectivity index (χ3n) is 4.67. The first-order chi connectivity index (χ1) is 14.7. The molecule has 2 aromatic carbocycles. The number of benzene rings is 2. The molecule has 0 aliphatic carbocycles. The van der Waals surface area contributed by atoms with Gasteiger partial charge in [-0.05, 0) is 36.2 Å². The van der Waals surface area contributed by atoms with E-state index in [1.165, 1.54) is 35.2 Å². The van der Waals surface area contributed by atoms with Gasteiger partial charge in [-0.15, -0.1) is 0 Å². The number of hydrogen-bond donors (Lipinski definition) is 2. The Morgan fingerprint density at radius 2 is 1.65 bits per heavy atom. The second-order valence-corrected chi connectivity index (χ2v) is 7.89. The second-order valence-electron chi connectivity index (χ2n) is 7.48. The van der Waals surface area contributed by atoms with Crippen LogP contribution in [0.25, 0.3) is 0 Å². The Morgan fingerprint density at radius 1 is 1.00 bits per heavy atom. The molecule has 0 unspecified atom stereocenters. The Bertz CT molecular complexity index is 1050. The zero-order valence-electron chi connectivity index (χ0n) is 17.0. The molecular weight excluding hydrogens is 425 g/mol. The average molecular weight is 446 g/mol. The molecule has 0 saturated heterocycles. The van der Waals surface area contributed by atoms with Crippen LogP contribution in [0.1, 0.15) is 55.3 Å². The van der Waals surface area contributed by atoms with E-state index < -0.39 is 23.5 Å². The van der Waals surface area contributed by atoms with Gasteiger partial charge < -0.3 is 10.6 Å². The smallest absolute Gasteiger partial charge is 0.261 e. The summed E-state index contributed by atoms with van der Waals surface area (Å²) in [5, 5.41) is 5.08. The fourth-order valence-corrected chi connectivity index (χ4v) is 3.47. The molecule has 1 aliphatic rings. The van der Waals surface area contributed by atoms with Gasteiger partial charge in [0.15, 0.2) is 0 Å². The maximum absolute atomic E-state index is 13.8. The third-order valence-corrected chi connectivity index (χ3v) is 4.98. The lowest BCUT2D eigenvalue weighted by Gasteiger charge is -2.15. The molecule has 0 saturated carbocycles. The minimum Gasteiger partial charge on any atom is -0.350 e. The van der Waals surface area contributed by atoms with Gasteiger partial charge in [-0.3, -0.25) is 24.1 Å². The van der Waals surface area contributed by atoms with Gasteiger partial charge in [0.1, 0.15) is 5.82 Å². The number of fused-ring (bicyclic) bond motifs is 1. The fraction of sp³-hybridized carbons (Fsp3) is 0.273. The first-order valence-electron chi connectivity index (χ1n) is 9.71. The maximum atomic E-state index is 13.8. The van der Waals surface area contributed by atoms with Crippen molar-refractivity contribution in [3.63, 3.8) is 0 Å². The summed E-state index contributed by atoms with van der Waals surface area (Å²) in [4.78, 5) is 50.6. The molecule has 0 aromatic heterocycles. The van der Waals surface area contributed by atoms with Gasteiger partial charge in [0.25, 0.3) is 23.6 Å². The summed E-state index contributed by atoms with van der Waals surface area (Å²) in [5.41, 5.74) is 0.426. The number of carbonyl (C=O) groups excluding carboxylic acids is 4. The normalized spacial score (nSPS) is 12.9. The second kappa shape index (κ2) is 9.26. The first-order valence-corrected chi connectivity index (χ1v) is 10.1. The van der Waals surface area contributed by atoms with Crippen molar-refractivity contribution in [3.05, 3.63) is 69.5 Å². The maximum Gasteiger partial charge on any atom is 0.261 e. The van der Waals surface area contributed by atoms with Crippen molar-refractivity contribution in [1.29, 1.82) is 0 Å². The highest BCUT2D eigenvalue weighted by molar-refractivity contribution is 6.33. The number of imide groups is 1. The molecule has 7 nitrogen and oxygen atoms in total. The van der Waals surface area contributed by atoms with E-state index in [1.807, 2.05) is 13.8 Å². The summed E-state index contributed by atoms with van der Waals surface area (Å²) in [6, 6.07) is 8.26.